The van der Waals surface area contributed by atoms with Crippen molar-refractivity contribution in [3.63, 3.8) is 0 Å². The third-order valence-electron chi connectivity index (χ3n) is 4.04. The van der Waals surface area contributed by atoms with E-state index in [1.807, 2.05) is 7.05 Å². The summed E-state index contributed by atoms with van der Waals surface area (Å²) in [6.07, 6.45) is 5.79. The molecule has 0 aromatic carbocycles. The van der Waals surface area contributed by atoms with E-state index < -0.39 is 5.41 Å². The summed E-state index contributed by atoms with van der Waals surface area (Å²) < 4.78 is 0. The molecule has 1 amide bonds. The predicted octanol–water partition coefficient (Wildman–Crippen LogP) is 1.16. The second kappa shape index (κ2) is 4.55. The fraction of sp³-hybridized carbons (Fsp3) is 0.833. The molecule has 0 atom stereocenters. The average Bonchev–Trinajstić information content (AvgIpc) is 3.00. The molecule has 96 valence electrons. The van der Waals surface area contributed by atoms with Gasteiger partial charge in [-0.2, -0.15) is 0 Å². The van der Waals surface area contributed by atoms with Gasteiger partial charge in [0.25, 0.3) is 0 Å². The van der Waals surface area contributed by atoms with Crippen LogP contribution in [0.2, 0.25) is 0 Å². The second-order valence-corrected chi connectivity index (χ2v) is 5.40. The van der Waals surface area contributed by atoms with E-state index in [0.717, 1.165) is 19.4 Å². The van der Waals surface area contributed by atoms with Gasteiger partial charge in [-0.25, -0.2) is 0 Å². The summed E-state index contributed by atoms with van der Waals surface area (Å²) in [5, 5.41) is 12.0. The Morgan fingerprint density at radius 2 is 2.06 bits per heavy atom. The summed E-state index contributed by atoms with van der Waals surface area (Å²) in [6, 6.07) is 0. The molecule has 0 radical (unpaired) electrons. The normalized spacial score (nSPS) is 23.7. The maximum Gasteiger partial charge on any atom is 0.236 e. The third-order valence-corrected chi connectivity index (χ3v) is 4.04. The van der Waals surface area contributed by atoms with Crippen LogP contribution >= 0.6 is 0 Å². The molecule has 2 fully saturated rings. The lowest BCUT2D eigenvalue weighted by atomic mass is 9.83. The monoisotopic (exact) mass is 239 g/mol. The van der Waals surface area contributed by atoms with Gasteiger partial charge in [0.15, 0.2) is 5.84 Å². The number of hydrogen-bond acceptors (Lipinski definition) is 3. The highest BCUT2D eigenvalue weighted by Crippen LogP contribution is 2.40. The van der Waals surface area contributed by atoms with Gasteiger partial charge in [0.05, 0.1) is 0 Å². The average molecular weight is 239 g/mol. The number of nitrogens with zero attached hydrogens (tertiary/aromatic N) is 2. The first-order valence-corrected chi connectivity index (χ1v) is 6.34. The zero-order valence-electron chi connectivity index (χ0n) is 10.4. The molecular formula is C12H21N3O2. The predicted molar refractivity (Wildman–Crippen MR) is 64.7 cm³/mol. The Balaban J connectivity index is 2.11. The highest BCUT2D eigenvalue weighted by atomic mass is 16.4. The Hall–Kier alpha value is -1.26. The van der Waals surface area contributed by atoms with Crippen molar-refractivity contribution in [3.05, 3.63) is 0 Å². The van der Waals surface area contributed by atoms with Crippen molar-refractivity contribution in [3.8, 4) is 0 Å². The summed E-state index contributed by atoms with van der Waals surface area (Å²) >= 11 is 0. The standard InChI is InChI=1S/C12H21N3O2/c1-15(8-9-4-5-9)11(16)12(10(13)14-17)6-2-3-7-12/h9,17H,2-8H2,1H3,(H2,13,14). The van der Waals surface area contributed by atoms with Crippen LogP contribution in [0, 0.1) is 11.3 Å². The van der Waals surface area contributed by atoms with Crippen LogP contribution in [-0.2, 0) is 4.79 Å². The van der Waals surface area contributed by atoms with E-state index in [1.165, 1.54) is 12.8 Å². The first-order chi connectivity index (χ1) is 8.10. The van der Waals surface area contributed by atoms with Crippen molar-refractivity contribution in [1.29, 1.82) is 0 Å². The van der Waals surface area contributed by atoms with Crippen LogP contribution in [0.3, 0.4) is 0 Å². The topological polar surface area (TPSA) is 78.9 Å². The Labute approximate surface area is 102 Å². The number of amides is 1. The molecule has 0 aromatic rings. The van der Waals surface area contributed by atoms with Gasteiger partial charge in [-0.15, -0.1) is 0 Å². The number of carbonyl (C=O) groups excluding carboxylic acids is 1. The zero-order valence-corrected chi connectivity index (χ0v) is 10.4. The van der Waals surface area contributed by atoms with Gasteiger partial charge >= 0.3 is 0 Å². The first-order valence-electron chi connectivity index (χ1n) is 6.34. The van der Waals surface area contributed by atoms with E-state index in [9.17, 15) is 4.79 Å². The lowest BCUT2D eigenvalue weighted by molar-refractivity contribution is -0.137. The van der Waals surface area contributed by atoms with Gasteiger partial charge in [-0.1, -0.05) is 18.0 Å². The van der Waals surface area contributed by atoms with Crippen LogP contribution in [0.5, 0.6) is 0 Å². The van der Waals surface area contributed by atoms with Gasteiger partial charge < -0.3 is 15.8 Å². The van der Waals surface area contributed by atoms with Gasteiger partial charge in [-0.05, 0) is 31.6 Å². The summed E-state index contributed by atoms with van der Waals surface area (Å²) in [7, 11) is 1.82. The fourth-order valence-electron chi connectivity index (χ4n) is 2.79. The lowest BCUT2D eigenvalue weighted by Crippen LogP contribution is -2.49. The molecule has 5 heteroatoms. The first kappa shape index (κ1) is 12.2. The molecule has 2 aliphatic carbocycles. The van der Waals surface area contributed by atoms with E-state index in [2.05, 4.69) is 5.16 Å². The molecule has 3 N–H and O–H groups in total. The summed E-state index contributed by atoms with van der Waals surface area (Å²) in [5.74, 6) is 0.773. The van der Waals surface area contributed by atoms with Crippen LogP contribution in [-0.4, -0.2) is 35.4 Å². The van der Waals surface area contributed by atoms with Crippen molar-refractivity contribution in [1.82, 2.24) is 4.90 Å². The van der Waals surface area contributed by atoms with Crippen LogP contribution in [0.1, 0.15) is 38.5 Å². The van der Waals surface area contributed by atoms with Gasteiger partial charge in [0.2, 0.25) is 5.91 Å². The summed E-state index contributed by atoms with van der Waals surface area (Å²) in [5.41, 5.74) is 5.01. The van der Waals surface area contributed by atoms with E-state index in [4.69, 9.17) is 10.9 Å². The van der Waals surface area contributed by atoms with Crippen molar-refractivity contribution in [2.24, 2.45) is 22.2 Å². The van der Waals surface area contributed by atoms with Gasteiger partial charge in [0, 0.05) is 13.6 Å². The number of oxime groups is 1. The minimum Gasteiger partial charge on any atom is -0.409 e. The van der Waals surface area contributed by atoms with E-state index in [-0.39, 0.29) is 11.7 Å². The molecule has 2 saturated carbocycles. The molecule has 0 aliphatic heterocycles. The van der Waals surface area contributed by atoms with E-state index in [1.54, 1.807) is 4.90 Å². The number of carbonyl (C=O) groups is 1. The molecule has 5 nitrogen and oxygen atoms in total. The highest BCUT2D eigenvalue weighted by molar-refractivity contribution is 6.06. The number of hydrogen-bond donors (Lipinski definition) is 2. The lowest BCUT2D eigenvalue weighted by Gasteiger charge is -2.31. The van der Waals surface area contributed by atoms with Crippen molar-refractivity contribution in [2.75, 3.05) is 13.6 Å². The SMILES string of the molecule is CN(CC1CC1)C(=O)C1(C(N)=NO)CCCC1. The van der Waals surface area contributed by atoms with Gasteiger partial charge in [-0.3, -0.25) is 4.79 Å². The van der Waals surface area contributed by atoms with Crippen molar-refractivity contribution < 1.29 is 10.0 Å². The smallest absolute Gasteiger partial charge is 0.236 e. The van der Waals surface area contributed by atoms with E-state index >= 15 is 0 Å². The third kappa shape index (κ3) is 2.23. The Morgan fingerprint density at radius 3 is 2.53 bits per heavy atom. The second-order valence-electron chi connectivity index (χ2n) is 5.40. The zero-order chi connectivity index (χ0) is 12.5. The molecule has 2 aliphatic rings. The quantitative estimate of drug-likeness (QED) is 0.334. The van der Waals surface area contributed by atoms with Crippen LogP contribution in [0.25, 0.3) is 0 Å². The summed E-state index contributed by atoms with van der Waals surface area (Å²) in [4.78, 5) is 14.2. The molecule has 0 spiro atoms. The molecule has 0 aromatic heterocycles. The van der Waals surface area contributed by atoms with Crippen LogP contribution < -0.4 is 5.73 Å². The molecule has 0 bridgehead atoms. The summed E-state index contributed by atoms with van der Waals surface area (Å²) in [6.45, 7) is 0.805. The molecule has 17 heavy (non-hydrogen) atoms. The molecule has 0 unspecified atom stereocenters. The Morgan fingerprint density at radius 1 is 1.47 bits per heavy atom. The fourth-order valence-corrected chi connectivity index (χ4v) is 2.79. The maximum atomic E-state index is 12.5. The van der Waals surface area contributed by atoms with Crippen molar-refractivity contribution in [2.45, 2.75) is 38.5 Å². The molecule has 0 heterocycles. The van der Waals surface area contributed by atoms with E-state index in [0.29, 0.717) is 18.8 Å². The minimum absolute atomic E-state index is 0.0252. The maximum absolute atomic E-state index is 12.5. The van der Waals surface area contributed by atoms with Crippen LogP contribution in [0.4, 0.5) is 0 Å². The van der Waals surface area contributed by atoms with Gasteiger partial charge in [0.1, 0.15) is 5.41 Å². The number of rotatable bonds is 4. The molecular weight excluding hydrogens is 218 g/mol. The van der Waals surface area contributed by atoms with Crippen LogP contribution in [0.15, 0.2) is 5.16 Å². The number of amidine groups is 1. The largest absolute Gasteiger partial charge is 0.409 e. The highest BCUT2D eigenvalue weighted by Gasteiger charge is 2.47. The molecule has 0 saturated heterocycles. The Kier molecular flexibility index (Phi) is 3.26. The van der Waals surface area contributed by atoms with Crippen molar-refractivity contribution >= 4 is 11.7 Å². The minimum atomic E-state index is -0.738. The molecule has 2 rings (SSSR count). The number of nitrogens with two attached hydrogens (primary N) is 1. The Bertz CT molecular complexity index is 331.